The second-order valence-electron chi connectivity index (χ2n) is 7.31. The van der Waals surface area contributed by atoms with E-state index < -0.39 is 11.8 Å². The van der Waals surface area contributed by atoms with E-state index in [4.69, 9.17) is 9.47 Å². The molecule has 0 bridgehead atoms. The maximum atomic E-state index is 12.4. The molecule has 0 aliphatic carbocycles. The number of ether oxygens (including phenoxy) is 2. The minimum absolute atomic E-state index is 0.406. The Hall–Kier alpha value is -2.24. The summed E-state index contributed by atoms with van der Waals surface area (Å²) in [7, 11) is 0. The molecule has 0 radical (unpaired) electrons. The lowest BCUT2D eigenvalue weighted by Crippen LogP contribution is -2.49. The summed E-state index contributed by atoms with van der Waals surface area (Å²) in [5.74, 6) is 1.35. The molecular formula is C21H32N2O4. The number of amides is 2. The Morgan fingerprint density at radius 1 is 1.07 bits per heavy atom. The number of carbonyl (C=O) groups excluding carboxylic acids is 2. The van der Waals surface area contributed by atoms with Crippen molar-refractivity contribution in [1.29, 1.82) is 0 Å². The molecule has 1 saturated heterocycles. The number of hydrogen-bond donors (Lipinski definition) is 1. The lowest BCUT2D eigenvalue weighted by Gasteiger charge is -2.34. The van der Waals surface area contributed by atoms with E-state index in [1.165, 1.54) is 0 Å². The van der Waals surface area contributed by atoms with Gasteiger partial charge in [-0.25, -0.2) is 0 Å². The SMILES string of the molecule is CCOc1ccc(CCNC(=O)C(=O)N2CC(C)CC(C)C2)cc1OCC. The van der Waals surface area contributed by atoms with Gasteiger partial charge < -0.3 is 19.7 Å². The van der Waals surface area contributed by atoms with Crippen LogP contribution < -0.4 is 14.8 Å². The van der Waals surface area contributed by atoms with Gasteiger partial charge >= 0.3 is 11.8 Å². The highest BCUT2D eigenvalue weighted by Gasteiger charge is 2.28. The number of likely N-dealkylation sites (tertiary alicyclic amines) is 1. The van der Waals surface area contributed by atoms with Crippen LogP contribution in [0.5, 0.6) is 11.5 Å². The Kier molecular flexibility index (Phi) is 7.95. The van der Waals surface area contributed by atoms with E-state index in [1.54, 1.807) is 4.90 Å². The number of nitrogens with one attached hydrogen (secondary N) is 1. The standard InChI is InChI=1S/C21H32N2O4/c1-5-26-18-8-7-17(12-19(18)27-6-2)9-10-22-20(24)21(25)23-13-15(3)11-16(4)14-23/h7-8,12,15-16H,5-6,9-11,13-14H2,1-4H3,(H,22,24). The van der Waals surface area contributed by atoms with Crippen LogP contribution in [0.4, 0.5) is 0 Å². The zero-order chi connectivity index (χ0) is 19.8. The summed E-state index contributed by atoms with van der Waals surface area (Å²) in [6, 6.07) is 5.76. The molecule has 2 amide bonds. The summed E-state index contributed by atoms with van der Waals surface area (Å²) < 4.78 is 11.2. The van der Waals surface area contributed by atoms with Gasteiger partial charge in [0, 0.05) is 19.6 Å². The number of nitrogens with zero attached hydrogens (tertiary/aromatic N) is 1. The molecule has 6 heteroatoms. The first kappa shape index (κ1) is 21.1. The average molecular weight is 376 g/mol. The summed E-state index contributed by atoms with van der Waals surface area (Å²) in [5.41, 5.74) is 1.02. The van der Waals surface area contributed by atoms with Crippen molar-refractivity contribution in [3.63, 3.8) is 0 Å². The molecule has 1 aromatic rings. The summed E-state index contributed by atoms with van der Waals surface area (Å²) in [6.07, 6.45) is 1.73. The highest BCUT2D eigenvalue weighted by Crippen LogP contribution is 2.28. The van der Waals surface area contributed by atoms with Crippen LogP contribution in [-0.2, 0) is 16.0 Å². The molecule has 0 spiro atoms. The van der Waals surface area contributed by atoms with Gasteiger partial charge in [0.05, 0.1) is 13.2 Å². The fourth-order valence-corrected chi connectivity index (χ4v) is 3.62. The van der Waals surface area contributed by atoms with Crippen molar-refractivity contribution < 1.29 is 19.1 Å². The Balaban J connectivity index is 1.87. The van der Waals surface area contributed by atoms with Gasteiger partial charge in [0.1, 0.15) is 0 Å². The van der Waals surface area contributed by atoms with Gasteiger partial charge in [-0.2, -0.15) is 0 Å². The molecule has 1 heterocycles. The van der Waals surface area contributed by atoms with E-state index >= 15 is 0 Å². The normalized spacial score (nSPS) is 19.5. The maximum absolute atomic E-state index is 12.4. The van der Waals surface area contributed by atoms with Crippen LogP contribution in [-0.4, -0.2) is 49.6 Å². The van der Waals surface area contributed by atoms with Crippen molar-refractivity contribution in [3.8, 4) is 11.5 Å². The molecule has 1 aliphatic heterocycles. The lowest BCUT2D eigenvalue weighted by atomic mass is 9.92. The van der Waals surface area contributed by atoms with Gasteiger partial charge in [0.2, 0.25) is 0 Å². The minimum atomic E-state index is -0.521. The van der Waals surface area contributed by atoms with Crippen LogP contribution in [0.15, 0.2) is 18.2 Å². The predicted molar refractivity (Wildman–Crippen MR) is 105 cm³/mol. The quantitative estimate of drug-likeness (QED) is 0.743. The van der Waals surface area contributed by atoms with E-state index in [9.17, 15) is 9.59 Å². The van der Waals surface area contributed by atoms with Gasteiger partial charge in [-0.1, -0.05) is 19.9 Å². The zero-order valence-electron chi connectivity index (χ0n) is 16.9. The lowest BCUT2D eigenvalue weighted by molar-refractivity contribution is -0.147. The number of carbonyl (C=O) groups is 2. The molecule has 2 unspecified atom stereocenters. The van der Waals surface area contributed by atoms with E-state index in [2.05, 4.69) is 19.2 Å². The van der Waals surface area contributed by atoms with Crippen LogP contribution >= 0.6 is 0 Å². The second kappa shape index (κ2) is 10.2. The Bertz CT molecular complexity index is 637. The van der Waals surface area contributed by atoms with Gasteiger partial charge in [-0.05, 0) is 56.2 Å². The molecule has 27 heavy (non-hydrogen) atoms. The highest BCUT2D eigenvalue weighted by molar-refractivity contribution is 6.35. The first-order chi connectivity index (χ1) is 12.9. The second-order valence-corrected chi connectivity index (χ2v) is 7.31. The largest absolute Gasteiger partial charge is 0.490 e. The third-order valence-electron chi connectivity index (χ3n) is 4.66. The number of hydrogen-bond acceptors (Lipinski definition) is 4. The van der Waals surface area contributed by atoms with Gasteiger partial charge in [-0.15, -0.1) is 0 Å². The van der Waals surface area contributed by atoms with Crippen LogP contribution in [0.3, 0.4) is 0 Å². The third-order valence-corrected chi connectivity index (χ3v) is 4.66. The molecule has 2 rings (SSSR count). The van der Waals surface area contributed by atoms with Gasteiger partial charge in [0.15, 0.2) is 11.5 Å². The molecule has 0 aromatic heterocycles. The number of piperidine rings is 1. The molecule has 1 N–H and O–H groups in total. The fraction of sp³-hybridized carbons (Fsp3) is 0.619. The van der Waals surface area contributed by atoms with Crippen LogP contribution in [0.25, 0.3) is 0 Å². The first-order valence-corrected chi connectivity index (χ1v) is 9.90. The van der Waals surface area contributed by atoms with E-state index in [1.807, 2.05) is 32.0 Å². The Morgan fingerprint density at radius 3 is 2.33 bits per heavy atom. The van der Waals surface area contributed by atoms with E-state index in [0.717, 1.165) is 17.7 Å². The topological polar surface area (TPSA) is 67.9 Å². The van der Waals surface area contributed by atoms with E-state index in [0.29, 0.717) is 56.9 Å². The monoisotopic (exact) mass is 376 g/mol. The average Bonchev–Trinajstić information content (AvgIpc) is 2.62. The van der Waals surface area contributed by atoms with Crippen molar-refractivity contribution in [1.82, 2.24) is 10.2 Å². The van der Waals surface area contributed by atoms with Crippen molar-refractivity contribution >= 4 is 11.8 Å². The summed E-state index contributed by atoms with van der Waals surface area (Å²) in [6.45, 7) is 11.0. The smallest absolute Gasteiger partial charge is 0.311 e. The summed E-state index contributed by atoms with van der Waals surface area (Å²) in [4.78, 5) is 26.3. The minimum Gasteiger partial charge on any atom is -0.490 e. The molecule has 1 aromatic carbocycles. The van der Waals surface area contributed by atoms with E-state index in [-0.39, 0.29) is 0 Å². The number of benzene rings is 1. The third kappa shape index (κ3) is 6.15. The molecule has 6 nitrogen and oxygen atoms in total. The Labute approximate surface area is 162 Å². The molecular weight excluding hydrogens is 344 g/mol. The summed E-state index contributed by atoms with van der Waals surface area (Å²) >= 11 is 0. The van der Waals surface area contributed by atoms with Gasteiger partial charge in [0.25, 0.3) is 0 Å². The predicted octanol–water partition coefficient (Wildman–Crippen LogP) is 2.65. The van der Waals surface area contributed by atoms with Gasteiger partial charge in [-0.3, -0.25) is 9.59 Å². The van der Waals surface area contributed by atoms with Crippen LogP contribution in [0.1, 0.15) is 39.7 Å². The van der Waals surface area contributed by atoms with Crippen molar-refractivity contribution in [2.24, 2.45) is 11.8 Å². The van der Waals surface area contributed by atoms with Crippen molar-refractivity contribution in [2.75, 3.05) is 32.8 Å². The Morgan fingerprint density at radius 2 is 1.70 bits per heavy atom. The molecule has 0 saturated carbocycles. The molecule has 1 aliphatic rings. The highest BCUT2D eigenvalue weighted by atomic mass is 16.5. The molecule has 150 valence electrons. The van der Waals surface area contributed by atoms with Crippen LogP contribution in [0, 0.1) is 11.8 Å². The summed E-state index contributed by atoms with van der Waals surface area (Å²) in [5, 5.41) is 2.75. The molecule has 1 fully saturated rings. The number of rotatable bonds is 7. The van der Waals surface area contributed by atoms with Crippen molar-refractivity contribution in [2.45, 2.75) is 40.5 Å². The molecule has 2 atom stereocenters. The van der Waals surface area contributed by atoms with Crippen LogP contribution in [0.2, 0.25) is 0 Å². The van der Waals surface area contributed by atoms with Crippen molar-refractivity contribution in [3.05, 3.63) is 23.8 Å². The zero-order valence-corrected chi connectivity index (χ0v) is 16.9. The fourth-order valence-electron chi connectivity index (χ4n) is 3.62. The maximum Gasteiger partial charge on any atom is 0.311 e. The first-order valence-electron chi connectivity index (χ1n) is 9.90.